The van der Waals surface area contributed by atoms with Gasteiger partial charge in [-0.15, -0.1) is 0 Å². The Morgan fingerprint density at radius 1 is 1.00 bits per heavy atom. The molecule has 2 amide bonds. The number of carbonyl (C=O) groups is 3. The summed E-state index contributed by atoms with van der Waals surface area (Å²) < 4.78 is 15.8. The van der Waals surface area contributed by atoms with Crippen LogP contribution in [-0.4, -0.2) is 44.1 Å². The van der Waals surface area contributed by atoms with Crippen molar-refractivity contribution in [1.82, 2.24) is 5.32 Å². The van der Waals surface area contributed by atoms with Gasteiger partial charge in [-0.3, -0.25) is 14.4 Å². The van der Waals surface area contributed by atoms with Crippen molar-refractivity contribution in [1.29, 1.82) is 0 Å². The molecule has 2 N–H and O–H groups in total. The Balaban J connectivity index is 1.33. The third-order valence-corrected chi connectivity index (χ3v) is 4.05. The van der Waals surface area contributed by atoms with Crippen LogP contribution in [0.25, 0.3) is 6.08 Å². The monoisotopic (exact) mass is 410 g/mol. The topological polar surface area (TPSA) is 103 Å². The fourth-order valence-corrected chi connectivity index (χ4v) is 2.62. The number of hydrogen-bond donors (Lipinski definition) is 2. The van der Waals surface area contributed by atoms with E-state index in [0.717, 1.165) is 5.56 Å². The minimum Gasteiger partial charge on any atom is -0.486 e. The first kappa shape index (κ1) is 20.9. The molecule has 0 radical (unpaired) electrons. The minimum atomic E-state index is -0.584. The van der Waals surface area contributed by atoms with Crippen molar-refractivity contribution in [2.45, 2.75) is 6.42 Å². The maximum Gasteiger partial charge on any atom is 0.308 e. The number of anilines is 1. The summed E-state index contributed by atoms with van der Waals surface area (Å²) in [6.07, 6.45) is 3.03. The molecule has 3 rings (SSSR count). The highest BCUT2D eigenvalue weighted by Crippen LogP contribution is 2.32. The van der Waals surface area contributed by atoms with Crippen molar-refractivity contribution < 1.29 is 28.6 Å². The van der Waals surface area contributed by atoms with Crippen LogP contribution in [0, 0.1) is 0 Å². The van der Waals surface area contributed by atoms with Gasteiger partial charge in [0.2, 0.25) is 5.91 Å². The first-order valence-electron chi connectivity index (χ1n) is 9.46. The maximum atomic E-state index is 11.9. The molecule has 156 valence electrons. The molecule has 0 saturated carbocycles. The Morgan fingerprint density at radius 3 is 2.57 bits per heavy atom. The van der Waals surface area contributed by atoms with Gasteiger partial charge in [0.25, 0.3) is 5.91 Å². The third kappa shape index (κ3) is 6.66. The summed E-state index contributed by atoms with van der Waals surface area (Å²) in [5.41, 5.74) is 1.41. The summed E-state index contributed by atoms with van der Waals surface area (Å²) in [5, 5.41) is 5.21. The Morgan fingerprint density at radius 2 is 1.77 bits per heavy atom. The van der Waals surface area contributed by atoms with Gasteiger partial charge in [-0.25, -0.2) is 0 Å². The van der Waals surface area contributed by atoms with E-state index < -0.39 is 18.5 Å². The van der Waals surface area contributed by atoms with Gasteiger partial charge in [-0.1, -0.05) is 30.3 Å². The smallest absolute Gasteiger partial charge is 0.308 e. The van der Waals surface area contributed by atoms with Gasteiger partial charge >= 0.3 is 5.97 Å². The number of carbonyl (C=O) groups excluding carboxylic acids is 3. The number of esters is 1. The van der Waals surface area contributed by atoms with Gasteiger partial charge in [0.05, 0.1) is 6.42 Å². The summed E-state index contributed by atoms with van der Waals surface area (Å²) in [6, 6.07) is 14.4. The molecule has 1 aliphatic rings. The summed E-state index contributed by atoms with van der Waals surface area (Å²) >= 11 is 0. The summed E-state index contributed by atoms with van der Waals surface area (Å²) in [5.74, 6) is -0.211. The van der Waals surface area contributed by atoms with Gasteiger partial charge in [0.15, 0.2) is 18.1 Å². The summed E-state index contributed by atoms with van der Waals surface area (Å²) in [4.78, 5) is 35.4. The van der Waals surface area contributed by atoms with Crippen LogP contribution in [-0.2, 0) is 19.1 Å². The Kier molecular flexibility index (Phi) is 7.43. The molecular formula is C22H22N2O6. The number of amides is 2. The first-order valence-corrected chi connectivity index (χ1v) is 9.46. The molecule has 2 aromatic carbocycles. The second-order valence-corrected chi connectivity index (χ2v) is 6.35. The van der Waals surface area contributed by atoms with E-state index in [1.165, 1.54) is 6.08 Å². The van der Waals surface area contributed by atoms with Crippen molar-refractivity contribution in [2.75, 3.05) is 31.7 Å². The Bertz CT molecular complexity index is 926. The predicted octanol–water partition coefficient (Wildman–Crippen LogP) is 2.16. The van der Waals surface area contributed by atoms with Crippen molar-refractivity contribution >= 4 is 29.5 Å². The third-order valence-electron chi connectivity index (χ3n) is 4.05. The highest BCUT2D eigenvalue weighted by molar-refractivity contribution is 5.93. The molecule has 0 bridgehead atoms. The second-order valence-electron chi connectivity index (χ2n) is 6.35. The van der Waals surface area contributed by atoms with E-state index in [4.69, 9.17) is 14.2 Å². The number of ether oxygens (including phenoxy) is 3. The molecule has 8 nitrogen and oxygen atoms in total. The molecule has 0 aliphatic carbocycles. The minimum absolute atomic E-state index is 0.0395. The quantitative estimate of drug-likeness (QED) is 0.511. The van der Waals surface area contributed by atoms with Crippen molar-refractivity contribution in [2.24, 2.45) is 0 Å². The number of nitrogens with one attached hydrogen (secondary N) is 2. The second kappa shape index (κ2) is 10.7. The lowest BCUT2D eigenvalue weighted by Gasteiger charge is -2.19. The first-order chi connectivity index (χ1) is 14.6. The van der Waals surface area contributed by atoms with Crippen LogP contribution in [0.2, 0.25) is 0 Å². The van der Waals surface area contributed by atoms with Crippen LogP contribution < -0.4 is 20.1 Å². The highest BCUT2D eigenvalue weighted by Gasteiger charge is 2.13. The lowest BCUT2D eigenvalue weighted by molar-refractivity contribution is -0.147. The standard InChI is InChI=1S/C22H22N2O6/c25-20(9-6-16-4-2-1-3-5-16)23-11-10-22(27)30-15-21(26)24-17-7-8-18-19(14-17)29-13-12-28-18/h1-9,14H,10-13,15H2,(H,23,25)(H,24,26)/b9-6+. The largest absolute Gasteiger partial charge is 0.486 e. The van der Waals surface area contributed by atoms with E-state index in [1.807, 2.05) is 30.3 Å². The van der Waals surface area contributed by atoms with Crippen LogP contribution >= 0.6 is 0 Å². The van der Waals surface area contributed by atoms with E-state index in [2.05, 4.69) is 10.6 Å². The van der Waals surface area contributed by atoms with Crippen LogP contribution in [0.5, 0.6) is 11.5 Å². The van der Waals surface area contributed by atoms with Gasteiger partial charge in [-0.2, -0.15) is 0 Å². The van der Waals surface area contributed by atoms with Crippen LogP contribution in [0.15, 0.2) is 54.6 Å². The Hall–Kier alpha value is -3.81. The van der Waals surface area contributed by atoms with Crippen LogP contribution in [0.1, 0.15) is 12.0 Å². The molecular weight excluding hydrogens is 388 g/mol. The Labute approximate surface area is 173 Å². The lowest BCUT2D eigenvalue weighted by atomic mass is 10.2. The lowest BCUT2D eigenvalue weighted by Crippen LogP contribution is -2.26. The van der Waals surface area contributed by atoms with Gasteiger partial charge in [0.1, 0.15) is 13.2 Å². The van der Waals surface area contributed by atoms with E-state index in [1.54, 1.807) is 24.3 Å². The van der Waals surface area contributed by atoms with Crippen LogP contribution in [0.3, 0.4) is 0 Å². The van der Waals surface area contributed by atoms with Crippen molar-refractivity contribution in [3.63, 3.8) is 0 Å². The molecule has 0 saturated heterocycles. The summed E-state index contributed by atoms with van der Waals surface area (Å²) in [6.45, 7) is 0.620. The molecule has 1 aliphatic heterocycles. The molecule has 8 heteroatoms. The molecule has 0 unspecified atom stereocenters. The predicted molar refractivity (Wildman–Crippen MR) is 110 cm³/mol. The molecule has 0 fully saturated rings. The molecule has 0 aromatic heterocycles. The van der Waals surface area contributed by atoms with E-state index in [0.29, 0.717) is 30.4 Å². The fraction of sp³-hybridized carbons (Fsp3) is 0.227. The number of hydrogen-bond acceptors (Lipinski definition) is 6. The van der Waals surface area contributed by atoms with Crippen molar-refractivity contribution in [3.8, 4) is 11.5 Å². The van der Waals surface area contributed by atoms with Crippen LogP contribution in [0.4, 0.5) is 5.69 Å². The maximum absolute atomic E-state index is 11.9. The van der Waals surface area contributed by atoms with Gasteiger partial charge in [0, 0.05) is 24.4 Å². The zero-order chi connectivity index (χ0) is 21.2. The number of rotatable bonds is 8. The van der Waals surface area contributed by atoms with Gasteiger partial charge < -0.3 is 24.8 Å². The average molecular weight is 410 g/mol. The highest BCUT2D eigenvalue weighted by atomic mass is 16.6. The molecule has 1 heterocycles. The molecule has 0 spiro atoms. The fourth-order valence-electron chi connectivity index (χ4n) is 2.62. The van der Waals surface area contributed by atoms with E-state index >= 15 is 0 Å². The molecule has 30 heavy (non-hydrogen) atoms. The molecule has 0 atom stereocenters. The molecule has 2 aromatic rings. The zero-order valence-electron chi connectivity index (χ0n) is 16.3. The normalized spacial score (nSPS) is 12.3. The number of fused-ring (bicyclic) bond motifs is 1. The van der Waals surface area contributed by atoms with E-state index in [-0.39, 0.29) is 18.9 Å². The van der Waals surface area contributed by atoms with E-state index in [9.17, 15) is 14.4 Å². The van der Waals surface area contributed by atoms with Gasteiger partial charge in [-0.05, 0) is 23.8 Å². The van der Waals surface area contributed by atoms with Crippen molar-refractivity contribution in [3.05, 3.63) is 60.2 Å². The zero-order valence-corrected chi connectivity index (χ0v) is 16.3. The summed E-state index contributed by atoms with van der Waals surface area (Å²) in [7, 11) is 0. The number of benzene rings is 2. The average Bonchev–Trinajstić information content (AvgIpc) is 2.77. The SMILES string of the molecule is O=C(/C=C/c1ccccc1)NCCC(=O)OCC(=O)Nc1ccc2c(c1)OCCO2.